The molecule has 1 N–H and O–H groups in total. The fourth-order valence-electron chi connectivity index (χ4n) is 1.57. The van der Waals surface area contributed by atoms with E-state index >= 15 is 0 Å². The highest BCUT2D eigenvalue weighted by molar-refractivity contribution is 7.92. The first-order chi connectivity index (χ1) is 8.46. The van der Waals surface area contributed by atoms with Crippen LogP contribution in [-0.2, 0) is 14.6 Å². The van der Waals surface area contributed by atoms with Gasteiger partial charge in [-0.3, -0.25) is 4.79 Å². The Morgan fingerprint density at radius 3 is 2.11 bits per heavy atom. The monoisotopic (exact) mass is 295 g/mol. The molecule has 0 bridgehead atoms. The van der Waals surface area contributed by atoms with Crippen LogP contribution in [0.15, 0.2) is 17.0 Å². The molecule has 19 heavy (non-hydrogen) atoms. The maximum absolute atomic E-state index is 12.5. The van der Waals surface area contributed by atoms with E-state index in [-0.39, 0.29) is 11.3 Å². The van der Waals surface area contributed by atoms with Crippen molar-refractivity contribution in [3.05, 3.63) is 23.3 Å². The molecule has 0 aliphatic rings. The van der Waals surface area contributed by atoms with Gasteiger partial charge in [-0.05, 0) is 31.0 Å². The molecule has 1 amide bonds. The van der Waals surface area contributed by atoms with Crippen molar-refractivity contribution in [2.75, 3.05) is 5.32 Å². The van der Waals surface area contributed by atoms with Crippen LogP contribution in [0.3, 0.4) is 0 Å². The molecular formula is C11H12F3NO3S. The molecule has 0 heterocycles. The first-order valence-electron chi connectivity index (χ1n) is 5.17. The number of hydrogen-bond donors (Lipinski definition) is 1. The van der Waals surface area contributed by atoms with Crippen LogP contribution in [0.1, 0.15) is 18.1 Å². The van der Waals surface area contributed by atoms with Crippen molar-refractivity contribution in [1.82, 2.24) is 0 Å². The zero-order chi connectivity index (χ0) is 15.0. The number of aryl methyl sites for hydroxylation is 2. The van der Waals surface area contributed by atoms with Crippen LogP contribution in [0, 0.1) is 13.8 Å². The molecule has 1 aromatic carbocycles. The quantitative estimate of drug-likeness (QED) is 0.912. The zero-order valence-corrected chi connectivity index (χ0v) is 11.2. The van der Waals surface area contributed by atoms with Gasteiger partial charge >= 0.3 is 5.51 Å². The maximum Gasteiger partial charge on any atom is 0.501 e. The second-order valence-electron chi connectivity index (χ2n) is 4.06. The minimum Gasteiger partial charge on any atom is -0.326 e. The SMILES string of the molecule is CC(=O)Nc1cc(S(=O)(=O)C(F)(F)F)c(C)cc1C. The first-order valence-corrected chi connectivity index (χ1v) is 6.65. The summed E-state index contributed by atoms with van der Waals surface area (Å²) in [5.41, 5.74) is -4.88. The van der Waals surface area contributed by atoms with E-state index in [9.17, 15) is 26.4 Å². The zero-order valence-electron chi connectivity index (χ0n) is 10.4. The molecule has 106 valence electrons. The number of amides is 1. The van der Waals surface area contributed by atoms with Gasteiger partial charge in [0.1, 0.15) is 0 Å². The minimum atomic E-state index is -5.43. The van der Waals surface area contributed by atoms with E-state index in [0.717, 1.165) is 6.07 Å². The second kappa shape index (κ2) is 4.84. The van der Waals surface area contributed by atoms with E-state index in [1.807, 2.05) is 0 Å². The van der Waals surface area contributed by atoms with Crippen LogP contribution in [0.2, 0.25) is 0 Å². The van der Waals surface area contributed by atoms with Gasteiger partial charge in [-0.25, -0.2) is 8.42 Å². The van der Waals surface area contributed by atoms with Crippen LogP contribution in [0.5, 0.6) is 0 Å². The van der Waals surface area contributed by atoms with E-state index in [2.05, 4.69) is 5.32 Å². The van der Waals surface area contributed by atoms with E-state index in [1.165, 1.54) is 19.9 Å². The number of carbonyl (C=O) groups excluding carboxylic acids is 1. The van der Waals surface area contributed by atoms with Crippen molar-refractivity contribution in [3.8, 4) is 0 Å². The molecule has 0 spiro atoms. The number of carbonyl (C=O) groups is 1. The van der Waals surface area contributed by atoms with Crippen molar-refractivity contribution in [2.45, 2.75) is 31.2 Å². The topological polar surface area (TPSA) is 63.2 Å². The van der Waals surface area contributed by atoms with Gasteiger partial charge < -0.3 is 5.32 Å². The highest BCUT2D eigenvalue weighted by Gasteiger charge is 2.47. The predicted molar refractivity (Wildman–Crippen MR) is 63.5 cm³/mol. The summed E-state index contributed by atoms with van der Waals surface area (Å²) in [5, 5.41) is 2.29. The van der Waals surface area contributed by atoms with Gasteiger partial charge in [-0.2, -0.15) is 13.2 Å². The smallest absolute Gasteiger partial charge is 0.326 e. The van der Waals surface area contributed by atoms with Gasteiger partial charge in [0.2, 0.25) is 5.91 Å². The fraction of sp³-hybridized carbons (Fsp3) is 0.364. The fourth-order valence-corrected chi connectivity index (χ4v) is 2.58. The molecule has 0 aliphatic carbocycles. The van der Waals surface area contributed by atoms with Crippen molar-refractivity contribution in [3.63, 3.8) is 0 Å². The molecule has 0 aromatic heterocycles. The molecule has 1 aromatic rings. The van der Waals surface area contributed by atoms with Crippen molar-refractivity contribution in [1.29, 1.82) is 0 Å². The van der Waals surface area contributed by atoms with Gasteiger partial charge in [0.05, 0.1) is 4.90 Å². The average Bonchev–Trinajstić information content (AvgIpc) is 2.19. The van der Waals surface area contributed by atoms with E-state index in [0.29, 0.717) is 5.56 Å². The molecule has 0 unspecified atom stereocenters. The van der Waals surface area contributed by atoms with E-state index in [4.69, 9.17) is 0 Å². The number of nitrogens with one attached hydrogen (secondary N) is 1. The number of hydrogen-bond acceptors (Lipinski definition) is 3. The van der Waals surface area contributed by atoms with Gasteiger partial charge in [0.15, 0.2) is 0 Å². The predicted octanol–water partition coefficient (Wildman–Crippen LogP) is 2.56. The summed E-state index contributed by atoms with van der Waals surface area (Å²) in [6, 6.07) is 2.11. The molecule has 0 fully saturated rings. The lowest BCUT2D eigenvalue weighted by Gasteiger charge is -2.14. The second-order valence-corrected chi connectivity index (χ2v) is 5.97. The molecule has 4 nitrogen and oxygen atoms in total. The third kappa shape index (κ3) is 3.06. The van der Waals surface area contributed by atoms with Crippen LogP contribution < -0.4 is 5.32 Å². The van der Waals surface area contributed by atoms with Crippen LogP contribution in [0.4, 0.5) is 18.9 Å². The third-order valence-electron chi connectivity index (χ3n) is 2.43. The summed E-state index contributed by atoms with van der Waals surface area (Å²) in [6.07, 6.45) is 0. The van der Waals surface area contributed by atoms with Gasteiger partial charge in [0, 0.05) is 12.6 Å². The molecule has 0 saturated carbocycles. The van der Waals surface area contributed by atoms with E-state index in [1.54, 1.807) is 6.92 Å². The molecule has 1 rings (SSSR count). The van der Waals surface area contributed by atoms with Crippen LogP contribution in [0.25, 0.3) is 0 Å². The lowest BCUT2D eigenvalue weighted by atomic mass is 10.1. The number of benzene rings is 1. The first kappa shape index (κ1) is 15.5. The van der Waals surface area contributed by atoms with Crippen LogP contribution >= 0.6 is 0 Å². The Bertz CT molecular complexity index is 621. The van der Waals surface area contributed by atoms with Crippen molar-refractivity contribution < 1.29 is 26.4 Å². The number of halogens is 3. The number of anilines is 1. The van der Waals surface area contributed by atoms with E-state index < -0.39 is 26.1 Å². The molecule has 8 heteroatoms. The Morgan fingerprint density at radius 2 is 1.68 bits per heavy atom. The lowest BCUT2D eigenvalue weighted by Crippen LogP contribution is -2.24. The Balaban J connectivity index is 3.50. The largest absolute Gasteiger partial charge is 0.501 e. The molecular weight excluding hydrogens is 283 g/mol. The maximum atomic E-state index is 12.5. The highest BCUT2D eigenvalue weighted by Crippen LogP contribution is 2.34. The van der Waals surface area contributed by atoms with Gasteiger partial charge in [-0.15, -0.1) is 0 Å². The summed E-state index contributed by atoms with van der Waals surface area (Å²) < 4.78 is 60.3. The summed E-state index contributed by atoms with van der Waals surface area (Å²) in [6.45, 7) is 4.00. The average molecular weight is 295 g/mol. The Labute approximate surface area is 108 Å². The standard InChI is InChI=1S/C11H12F3NO3S/c1-6-4-7(2)10(5-9(6)15-8(3)16)19(17,18)11(12,13)14/h4-5H,1-3H3,(H,15,16). The number of sulfone groups is 1. The number of rotatable bonds is 2. The Hall–Kier alpha value is -1.57. The normalized spacial score (nSPS) is 12.3. The molecule has 0 aliphatic heterocycles. The van der Waals surface area contributed by atoms with Gasteiger partial charge in [0.25, 0.3) is 9.84 Å². The van der Waals surface area contributed by atoms with Crippen molar-refractivity contribution >= 4 is 21.4 Å². The van der Waals surface area contributed by atoms with Crippen molar-refractivity contribution in [2.24, 2.45) is 0 Å². The lowest BCUT2D eigenvalue weighted by molar-refractivity contribution is -0.114. The van der Waals surface area contributed by atoms with Gasteiger partial charge in [-0.1, -0.05) is 6.07 Å². The third-order valence-corrected chi connectivity index (χ3v) is 4.06. The summed E-state index contributed by atoms with van der Waals surface area (Å²) in [7, 11) is -5.43. The molecule has 0 radical (unpaired) electrons. The summed E-state index contributed by atoms with van der Waals surface area (Å²) in [4.78, 5) is 10.1. The molecule has 0 saturated heterocycles. The summed E-state index contributed by atoms with van der Waals surface area (Å²) in [5.74, 6) is -0.498. The highest BCUT2D eigenvalue weighted by atomic mass is 32.2. The molecule has 0 atom stereocenters. The number of alkyl halides is 3. The Kier molecular flexibility index (Phi) is 3.94. The Morgan fingerprint density at radius 1 is 1.16 bits per heavy atom. The van der Waals surface area contributed by atoms with Crippen LogP contribution in [-0.4, -0.2) is 19.8 Å². The summed E-state index contributed by atoms with van der Waals surface area (Å²) >= 11 is 0. The minimum absolute atomic E-state index is 0.0241.